The van der Waals surface area contributed by atoms with E-state index in [1.807, 2.05) is 11.3 Å². The van der Waals surface area contributed by atoms with Gasteiger partial charge in [-0.1, -0.05) is 24.3 Å². The van der Waals surface area contributed by atoms with E-state index < -0.39 is 0 Å². The molecule has 1 aromatic carbocycles. The first-order valence-corrected chi connectivity index (χ1v) is 6.42. The van der Waals surface area contributed by atoms with Gasteiger partial charge in [-0.15, -0.1) is 11.3 Å². The molecule has 0 spiro atoms. The molecule has 2 heterocycles. The molecular formula is C14H14OS. The van der Waals surface area contributed by atoms with Crippen molar-refractivity contribution in [1.29, 1.82) is 0 Å². The van der Waals surface area contributed by atoms with Crippen LogP contribution in [0.1, 0.15) is 16.9 Å². The van der Waals surface area contributed by atoms with Gasteiger partial charge in [-0.2, -0.15) is 0 Å². The van der Waals surface area contributed by atoms with Crippen molar-refractivity contribution >= 4 is 27.0 Å². The lowest BCUT2D eigenvalue weighted by molar-refractivity contribution is 0.161. The van der Waals surface area contributed by atoms with Crippen molar-refractivity contribution in [2.45, 2.75) is 13.3 Å². The normalized spacial score (nSPS) is 16.4. The molecule has 16 heavy (non-hydrogen) atoms. The van der Waals surface area contributed by atoms with E-state index in [1.165, 1.54) is 26.1 Å². The summed E-state index contributed by atoms with van der Waals surface area (Å²) >= 11 is 1.89. The highest BCUT2D eigenvalue weighted by atomic mass is 32.1. The van der Waals surface area contributed by atoms with Crippen molar-refractivity contribution in [2.75, 3.05) is 13.2 Å². The monoisotopic (exact) mass is 230 g/mol. The van der Waals surface area contributed by atoms with Gasteiger partial charge in [-0.05, 0) is 35.9 Å². The Morgan fingerprint density at radius 1 is 1.31 bits per heavy atom. The summed E-state index contributed by atoms with van der Waals surface area (Å²) in [6, 6.07) is 8.85. The summed E-state index contributed by atoms with van der Waals surface area (Å²) in [5.74, 6) is 0. The van der Waals surface area contributed by atoms with Crippen LogP contribution in [0.5, 0.6) is 0 Å². The Kier molecular flexibility index (Phi) is 2.54. The van der Waals surface area contributed by atoms with Gasteiger partial charge in [-0.25, -0.2) is 0 Å². The summed E-state index contributed by atoms with van der Waals surface area (Å²) in [7, 11) is 0. The second-order valence-corrected chi connectivity index (χ2v) is 5.39. The highest BCUT2D eigenvalue weighted by molar-refractivity contribution is 7.19. The number of benzene rings is 1. The van der Waals surface area contributed by atoms with Crippen LogP contribution in [-0.2, 0) is 4.74 Å². The van der Waals surface area contributed by atoms with Gasteiger partial charge in [0.15, 0.2) is 0 Å². The Labute approximate surface area is 99.4 Å². The second-order valence-electron chi connectivity index (χ2n) is 4.14. The molecule has 1 aromatic heterocycles. The number of hydrogen-bond donors (Lipinski definition) is 0. The summed E-state index contributed by atoms with van der Waals surface area (Å²) in [6.07, 6.45) is 3.25. The smallest absolute Gasteiger partial charge is 0.0653 e. The summed E-state index contributed by atoms with van der Waals surface area (Å²) in [5, 5.41) is 1.37. The van der Waals surface area contributed by atoms with Gasteiger partial charge in [0, 0.05) is 9.58 Å². The van der Waals surface area contributed by atoms with E-state index in [-0.39, 0.29) is 0 Å². The van der Waals surface area contributed by atoms with E-state index in [4.69, 9.17) is 4.74 Å². The predicted molar refractivity (Wildman–Crippen MR) is 70.0 cm³/mol. The first-order chi connectivity index (χ1) is 7.84. The van der Waals surface area contributed by atoms with Gasteiger partial charge in [0.1, 0.15) is 0 Å². The zero-order chi connectivity index (χ0) is 11.0. The molecule has 3 rings (SSSR count). The third-order valence-electron chi connectivity index (χ3n) is 2.98. The topological polar surface area (TPSA) is 9.23 Å². The van der Waals surface area contributed by atoms with Crippen LogP contribution in [0.15, 0.2) is 30.3 Å². The lowest BCUT2D eigenvalue weighted by atomic mass is 10.0. The molecule has 2 heteroatoms. The van der Waals surface area contributed by atoms with Crippen LogP contribution in [0.3, 0.4) is 0 Å². The molecule has 82 valence electrons. The maximum absolute atomic E-state index is 5.37. The van der Waals surface area contributed by atoms with Crippen LogP contribution < -0.4 is 0 Å². The number of ether oxygens (including phenoxy) is 1. The van der Waals surface area contributed by atoms with Crippen molar-refractivity contribution in [3.63, 3.8) is 0 Å². The van der Waals surface area contributed by atoms with Crippen molar-refractivity contribution in [1.82, 2.24) is 0 Å². The Morgan fingerprint density at radius 3 is 3.06 bits per heavy atom. The molecule has 0 saturated carbocycles. The van der Waals surface area contributed by atoms with Crippen LogP contribution >= 0.6 is 11.3 Å². The Bertz CT molecular complexity index is 551. The van der Waals surface area contributed by atoms with Gasteiger partial charge in [-0.3, -0.25) is 0 Å². The summed E-state index contributed by atoms with van der Waals surface area (Å²) in [5.41, 5.74) is 2.84. The molecule has 0 N–H and O–H groups in total. The molecular weight excluding hydrogens is 216 g/mol. The summed E-state index contributed by atoms with van der Waals surface area (Å²) < 4.78 is 6.79. The highest BCUT2D eigenvalue weighted by Gasteiger charge is 2.10. The molecule has 1 aliphatic rings. The second kappa shape index (κ2) is 4.04. The minimum atomic E-state index is 0.760. The molecule has 0 atom stereocenters. The number of hydrogen-bond acceptors (Lipinski definition) is 2. The van der Waals surface area contributed by atoms with Gasteiger partial charge in [0.25, 0.3) is 0 Å². The van der Waals surface area contributed by atoms with Crippen molar-refractivity contribution in [3.05, 3.63) is 40.8 Å². The molecule has 1 aliphatic heterocycles. The van der Waals surface area contributed by atoms with Crippen LogP contribution in [0.2, 0.25) is 0 Å². The highest BCUT2D eigenvalue weighted by Crippen LogP contribution is 2.34. The van der Waals surface area contributed by atoms with E-state index in [9.17, 15) is 0 Å². The molecule has 0 fully saturated rings. The molecule has 0 bridgehead atoms. The minimum Gasteiger partial charge on any atom is -0.377 e. The quantitative estimate of drug-likeness (QED) is 0.719. The number of thiophene rings is 1. The first kappa shape index (κ1) is 10.1. The van der Waals surface area contributed by atoms with Crippen LogP contribution in [-0.4, -0.2) is 13.2 Å². The van der Waals surface area contributed by atoms with Crippen molar-refractivity contribution in [3.8, 4) is 0 Å². The fourth-order valence-corrected chi connectivity index (χ4v) is 3.28. The Hall–Kier alpha value is -1.12. The van der Waals surface area contributed by atoms with E-state index in [2.05, 4.69) is 37.3 Å². The lowest BCUT2D eigenvalue weighted by Gasteiger charge is -2.14. The molecule has 0 radical (unpaired) electrons. The first-order valence-electron chi connectivity index (χ1n) is 5.61. The predicted octanol–water partition coefficient (Wildman–Crippen LogP) is 4.01. The van der Waals surface area contributed by atoms with Crippen LogP contribution in [0, 0.1) is 6.92 Å². The summed E-state index contributed by atoms with van der Waals surface area (Å²) in [6.45, 7) is 3.79. The Morgan fingerprint density at radius 2 is 2.25 bits per heavy atom. The molecule has 0 saturated heterocycles. The van der Waals surface area contributed by atoms with E-state index in [0.717, 1.165) is 19.6 Å². The summed E-state index contributed by atoms with van der Waals surface area (Å²) in [4.78, 5) is 1.38. The fourth-order valence-electron chi connectivity index (χ4n) is 2.22. The molecule has 0 unspecified atom stereocenters. The van der Waals surface area contributed by atoms with Crippen LogP contribution in [0.4, 0.5) is 0 Å². The average Bonchev–Trinajstić information content (AvgIpc) is 2.70. The largest absolute Gasteiger partial charge is 0.377 e. The third kappa shape index (κ3) is 1.68. The maximum atomic E-state index is 5.37. The minimum absolute atomic E-state index is 0.760. The fraction of sp³-hybridized carbons (Fsp3) is 0.286. The van der Waals surface area contributed by atoms with Gasteiger partial charge < -0.3 is 4.74 Å². The van der Waals surface area contributed by atoms with Gasteiger partial charge in [0.2, 0.25) is 0 Å². The standard InChI is InChI=1S/C14H14OS/c1-10-9-12-3-2-4-13(14(12)16-10)11-5-7-15-8-6-11/h2-5,9H,6-8H2,1H3. The Balaban J connectivity index is 2.18. The lowest BCUT2D eigenvalue weighted by Crippen LogP contribution is -2.03. The zero-order valence-corrected chi connectivity index (χ0v) is 10.1. The zero-order valence-electron chi connectivity index (χ0n) is 9.32. The van der Waals surface area contributed by atoms with Gasteiger partial charge in [0.05, 0.1) is 13.2 Å². The van der Waals surface area contributed by atoms with Crippen molar-refractivity contribution < 1.29 is 4.74 Å². The van der Waals surface area contributed by atoms with E-state index in [1.54, 1.807) is 0 Å². The molecule has 1 nitrogen and oxygen atoms in total. The SMILES string of the molecule is Cc1cc2cccc(C3=CCOCC3)c2s1. The molecule has 2 aromatic rings. The van der Waals surface area contributed by atoms with Crippen LogP contribution in [0.25, 0.3) is 15.7 Å². The molecule has 0 aliphatic carbocycles. The number of rotatable bonds is 1. The number of fused-ring (bicyclic) bond motifs is 1. The average molecular weight is 230 g/mol. The number of aryl methyl sites for hydroxylation is 1. The van der Waals surface area contributed by atoms with E-state index >= 15 is 0 Å². The maximum Gasteiger partial charge on any atom is 0.0653 e. The van der Waals surface area contributed by atoms with Gasteiger partial charge >= 0.3 is 0 Å². The molecule has 0 amide bonds. The van der Waals surface area contributed by atoms with E-state index in [0.29, 0.717) is 0 Å². The van der Waals surface area contributed by atoms with Crippen molar-refractivity contribution in [2.24, 2.45) is 0 Å². The third-order valence-corrected chi connectivity index (χ3v) is 4.08.